The van der Waals surface area contributed by atoms with Crippen molar-refractivity contribution in [1.29, 1.82) is 0 Å². The summed E-state index contributed by atoms with van der Waals surface area (Å²) in [6, 6.07) is 16.9. The molecule has 1 aliphatic rings. The fraction of sp³-hybridized carbons (Fsp3) is 0.273. The maximum Gasteiger partial charge on any atom is 0.229 e. The van der Waals surface area contributed by atoms with E-state index in [2.05, 4.69) is 72.4 Å². The molecule has 2 heterocycles. The van der Waals surface area contributed by atoms with Crippen LogP contribution in [-0.4, -0.2) is 16.5 Å². The number of hydrogen-bond donors (Lipinski definition) is 1. The normalized spacial score (nSPS) is 12.9. The lowest BCUT2D eigenvalue weighted by atomic mass is 9.99. The zero-order chi connectivity index (χ0) is 18.1. The number of aryl methyl sites for hydroxylation is 2. The van der Waals surface area contributed by atoms with E-state index in [1.165, 1.54) is 16.7 Å². The summed E-state index contributed by atoms with van der Waals surface area (Å²) in [6.07, 6.45) is 1.05. The van der Waals surface area contributed by atoms with Gasteiger partial charge in [0.1, 0.15) is 5.82 Å². The largest absolute Gasteiger partial charge is 0.352 e. The third-order valence-electron chi connectivity index (χ3n) is 5.19. The summed E-state index contributed by atoms with van der Waals surface area (Å²) >= 11 is 0. The van der Waals surface area contributed by atoms with E-state index in [1.54, 1.807) is 0 Å². The Labute approximate surface area is 167 Å². The molecule has 1 aromatic heterocycles. The van der Waals surface area contributed by atoms with Gasteiger partial charge in [-0.2, -0.15) is 4.98 Å². The summed E-state index contributed by atoms with van der Waals surface area (Å²) in [5.41, 5.74) is 7.24. The van der Waals surface area contributed by atoms with Crippen molar-refractivity contribution in [1.82, 2.24) is 9.97 Å². The fourth-order valence-corrected chi connectivity index (χ4v) is 3.49. The second kappa shape index (κ2) is 7.97. The SMILES string of the molecule is Cc1ccccc1Nc1nc(C)c(C)c(N2CCc3ccccc3C2)n1.Cl. The Morgan fingerprint density at radius 2 is 1.59 bits per heavy atom. The van der Waals surface area contributed by atoms with Crippen LogP contribution in [0, 0.1) is 20.8 Å². The number of fused-ring (bicyclic) bond motifs is 1. The quantitative estimate of drug-likeness (QED) is 0.683. The molecule has 0 amide bonds. The second-order valence-electron chi connectivity index (χ2n) is 6.96. The van der Waals surface area contributed by atoms with Gasteiger partial charge in [-0.15, -0.1) is 12.4 Å². The minimum absolute atomic E-state index is 0. The van der Waals surface area contributed by atoms with Crippen LogP contribution >= 0.6 is 12.4 Å². The highest BCUT2D eigenvalue weighted by Crippen LogP contribution is 2.28. The van der Waals surface area contributed by atoms with Crippen LogP contribution in [0.2, 0.25) is 0 Å². The van der Waals surface area contributed by atoms with Crippen LogP contribution in [0.5, 0.6) is 0 Å². The van der Waals surface area contributed by atoms with Gasteiger partial charge in [-0.25, -0.2) is 4.98 Å². The second-order valence-corrected chi connectivity index (χ2v) is 6.96. The van der Waals surface area contributed by atoms with Gasteiger partial charge in [-0.3, -0.25) is 0 Å². The Morgan fingerprint density at radius 3 is 2.37 bits per heavy atom. The molecule has 5 heteroatoms. The molecule has 2 aromatic carbocycles. The van der Waals surface area contributed by atoms with Crippen LogP contribution < -0.4 is 10.2 Å². The van der Waals surface area contributed by atoms with Gasteiger partial charge in [0.05, 0.1) is 0 Å². The van der Waals surface area contributed by atoms with Crippen LogP contribution in [0.25, 0.3) is 0 Å². The molecule has 4 nitrogen and oxygen atoms in total. The number of anilines is 3. The number of benzene rings is 2. The standard InChI is InChI=1S/C22H24N4.ClH/c1-15-8-4-7-11-20(15)24-22-23-17(3)16(2)21(25-22)26-13-12-18-9-5-6-10-19(18)14-26;/h4-11H,12-14H2,1-3H3,(H,23,24,25);1H. The molecule has 0 unspecified atom stereocenters. The van der Waals surface area contributed by atoms with E-state index in [9.17, 15) is 0 Å². The van der Waals surface area contributed by atoms with E-state index >= 15 is 0 Å². The molecule has 0 saturated carbocycles. The predicted octanol–water partition coefficient (Wildman–Crippen LogP) is 5.13. The molecule has 0 radical (unpaired) electrons. The Hall–Kier alpha value is -2.59. The molecule has 0 spiro atoms. The lowest BCUT2D eigenvalue weighted by Crippen LogP contribution is -2.32. The average molecular weight is 381 g/mol. The molecular formula is C22H25ClN4. The van der Waals surface area contributed by atoms with Crippen LogP contribution in [0.15, 0.2) is 48.5 Å². The maximum absolute atomic E-state index is 4.87. The first-order valence-electron chi connectivity index (χ1n) is 9.11. The topological polar surface area (TPSA) is 41.1 Å². The number of aromatic nitrogens is 2. The van der Waals surface area contributed by atoms with Gasteiger partial charge >= 0.3 is 0 Å². The van der Waals surface area contributed by atoms with Gasteiger partial charge < -0.3 is 10.2 Å². The van der Waals surface area contributed by atoms with E-state index in [4.69, 9.17) is 4.98 Å². The van der Waals surface area contributed by atoms with Crippen molar-refractivity contribution >= 4 is 29.9 Å². The molecule has 140 valence electrons. The summed E-state index contributed by atoms with van der Waals surface area (Å²) in [6.45, 7) is 8.14. The molecule has 0 aliphatic carbocycles. The molecule has 1 aliphatic heterocycles. The average Bonchev–Trinajstić information content (AvgIpc) is 2.66. The van der Waals surface area contributed by atoms with Crippen molar-refractivity contribution in [2.75, 3.05) is 16.8 Å². The van der Waals surface area contributed by atoms with Gasteiger partial charge in [0.25, 0.3) is 0 Å². The molecular weight excluding hydrogens is 356 g/mol. The molecule has 1 N–H and O–H groups in total. The number of para-hydroxylation sites is 1. The highest BCUT2D eigenvalue weighted by Gasteiger charge is 2.20. The first kappa shape index (κ1) is 19.2. The van der Waals surface area contributed by atoms with E-state index in [0.29, 0.717) is 5.95 Å². The number of halogens is 1. The molecule has 0 fully saturated rings. The van der Waals surface area contributed by atoms with Crippen LogP contribution in [0.1, 0.15) is 27.9 Å². The zero-order valence-corrected chi connectivity index (χ0v) is 16.8. The third kappa shape index (κ3) is 3.91. The van der Waals surface area contributed by atoms with E-state index in [-0.39, 0.29) is 12.4 Å². The van der Waals surface area contributed by atoms with E-state index < -0.39 is 0 Å². The molecule has 0 atom stereocenters. The highest BCUT2D eigenvalue weighted by atomic mass is 35.5. The smallest absolute Gasteiger partial charge is 0.229 e. The zero-order valence-electron chi connectivity index (χ0n) is 16.0. The number of hydrogen-bond acceptors (Lipinski definition) is 4. The van der Waals surface area contributed by atoms with Gasteiger partial charge in [-0.1, -0.05) is 42.5 Å². The Balaban J connectivity index is 0.00000210. The van der Waals surface area contributed by atoms with Crippen molar-refractivity contribution in [3.63, 3.8) is 0 Å². The monoisotopic (exact) mass is 380 g/mol. The number of nitrogens with one attached hydrogen (secondary N) is 1. The fourth-order valence-electron chi connectivity index (χ4n) is 3.49. The Kier molecular flexibility index (Phi) is 5.66. The lowest BCUT2D eigenvalue weighted by Gasteiger charge is -2.31. The van der Waals surface area contributed by atoms with Gasteiger partial charge in [0.15, 0.2) is 0 Å². The van der Waals surface area contributed by atoms with Crippen LogP contribution in [-0.2, 0) is 13.0 Å². The van der Waals surface area contributed by atoms with Gasteiger partial charge in [0, 0.05) is 30.0 Å². The summed E-state index contributed by atoms with van der Waals surface area (Å²) in [5, 5.41) is 3.39. The Morgan fingerprint density at radius 1 is 0.889 bits per heavy atom. The van der Waals surface area contributed by atoms with Crippen molar-refractivity contribution < 1.29 is 0 Å². The lowest BCUT2D eigenvalue weighted by molar-refractivity contribution is 0.716. The maximum atomic E-state index is 4.87. The summed E-state index contributed by atoms with van der Waals surface area (Å²) in [7, 11) is 0. The summed E-state index contributed by atoms with van der Waals surface area (Å²) in [5.74, 6) is 1.69. The van der Waals surface area contributed by atoms with Gasteiger partial charge in [-0.05, 0) is 49.9 Å². The number of rotatable bonds is 3. The molecule has 3 aromatic rings. The molecule has 4 rings (SSSR count). The van der Waals surface area contributed by atoms with E-state index in [0.717, 1.165) is 42.3 Å². The van der Waals surface area contributed by atoms with Crippen molar-refractivity contribution in [3.8, 4) is 0 Å². The highest BCUT2D eigenvalue weighted by molar-refractivity contribution is 5.85. The first-order chi connectivity index (χ1) is 12.6. The molecule has 27 heavy (non-hydrogen) atoms. The van der Waals surface area contributed by atoms with E-state index in [1.807, 2.05) is 12.1 Å². The number of nitrogens with zero attached hydrogens (tertiary/aromatic N) is 3. The van der Waals surface area contributed by atoms with Crippen LogP contribution in [0.4, 0.5) is 17.5 Å². The predicted molar refractivity (Wildman–Crippen MR) is 114 cm³/mol. The summed E-state index contributed by atoms with van der Waals surface area (Å²) in [4.78, 5) is 11.9. The Bertz CT molecular complexity index is 955. The van der Waals surface area contributed by atoms with Crippen molar-refractivity contribution in [2.45, 2.75) is 33.7 Å². The van der Waals surface area contributed by atoms with Gasteiger partial charge in [0.2, 0.25) is 5.95 Å². The first-order valence-corrected chi connectivity index (χ1v) is 9.11. The summed E-state index contributed by atoms with van der Waals surface area (Å²) < 4.78 is 0. The minimum Gasteiger partial charge on any atom is -0.352 e. The molecule has 0 saturated heterocycles. The molecule has 0 bridgehead atoms. The minimum atomic E-state index is 0. The van der Waals surface area contributed by atoms with Crippen molar-refractivity contribution in [2.24, 2.45) is 0 Å². The van der Waals surface area contributed by atoms with Crippen LogP contribution in [0.3, 0.4) is 0 Å². The third-order valence-corrected chi connectivity index (χ3v) is 5.19. The van der Waals surface area contributed by atoms with Crippen molar-refractivity contribution in [3.05, 3.63) is 76.5 Å².